The molecule has 0 fully saturated rings. The van der Waals surface area contributed by atoms with Crippen LogP contribution in [0.1, 0.15) is 39.3 Å². The highest BCUT2D eigenvalue weighted by Gasteiger charge is 2.32. The molecule has 0 aromatic heterocycles. The van der Waals surface area contributed by atoms with Gasteiger partial charge in [0.25, 0.3) is 0 Å². The number of amidine groups is 1. The van der Waals surface area contributed by atoms with Crippen LogP contribution in [0, 0.1) is 0 Å². The van der Waals surface area contributed by atoms with E-state index in [1.54, 1.807) is 40.0 Å². The van der Waals surface area contributed by atoms with E-state index in [1.807, 2.05) is 19.1 Å². The summed E-state index contributed by atoms with van der Waals surface area (Å²) in [6, 6.07) is 3.07. The summed E-state index contributed by atoms with van der Waals surface area (Å²) in [7, 11) is 4.66. The number of rotatable bonds is 7. The monoisotopic (exact) mass is 408 g/mol. The van der Waals surface area contributed by atoms with Gasteiger partial charge in [0.15, 0.2) is 16.7 Å². The number of nitrogens with zero attached hydrogens (tertiary/aromatic N) is 1. The summed E-state index contributed by atoms with van der Waals surface area (Å²) in [4.78, 5) is 17.5. The number of ether oxygens (including phenoxy) is 4. The van der Waals surface area contributed by atoms with E-state index in [4.69, 9.17) is 23.9 Å². The van der Waals surface area contributed by atoms with Crippen molar-refractivity contribution in [2.45, 2.75) is 39.0 Å². The summed E-state index contributed by atoms with van der Waals surface area (Å²) in [5.74, 6) is 1.10. The van der Waals surface area contributed by atoms with Crippen molar-refractivity contribution in [3.05, 3.63) is 29.0 Å². The number of benzene rings is 1. The number of hydrogen-bond acceptors (Lipinski definition) is 8. The maximum Gasteiger partial charge on any atom is 0.338 e. The number of methoxy groups -OCH3 is 3. The molecule has 1 aromatic carbocycles. The van der Waals surface area contributed by atoms with Crippen molar-refractivity contribution in [1.82, 2.24) is 5.32 Å². The van der Waals surface area contributed by atoms with Gasteiger partial charge in [-0.3, -0.25) is 0 Å². The second kappa shape index (κ2) is 9.73. The van der Waals surface area contributed by atoms with E-state index in [9.17, 15) is 4.79 Å². The smallest absolute Gasteiger partial charge is 0.338 e. The Kier molecular flexibility index (Phi) is 7.62. The number of allylic oxidation sites excluding steroid dienone is 1. The molecular weight excluding hydrogens is 380 g/mol. The van der Waals surface area contributed by atoms with Crippen LogP contribution in [0.5, 0.6) is 17.2 Å². The van der Waals surface area contributed by atoms with E-state index in [0.29, 0.717) is 28.1 Å². The van der Waals surface area contributed by atoms with E-state index in [0.717, 1.165) is 16.4 Å². The van der Waals surface area contributed by atoms with Crippen molar-refractivity contribution in [1.29, 1.82) is 0 Å². The van der Waals surface area contributed by atoms with Crippen LogP contribution in [0.25, 0.3) is 0 Å². The molecule has 0 aliphatic carbocycles. The van der Waals surface area contributed by atoms with Gasteiger partial charge in [0.1, 0.15) is 6.04 Å². The number of carbonyl (C=O) groups excluding carboxylic acids is 1. The summed E-state index contributed by atoms with van der Waals surface area (Å²) < 4.78 is 21.6. The van der Waals surface area contributed by atoms with E-state index < -0.39 is 12.0 Å². The molecule has 0 saturated heterocycles. The zero-order valence-corrected chi connectivity index (χ0v) is 18.2. The molecule has 154 valence electrons. The molecule has 1 aromatic rings. The molecule has 28 heavy (non-hydrogen) atoms. The fourth-order valence-electron chi connectivity index (χ4n) is 2.90. The van der Waals surface area contributed by atoms with Gasteiger partial charge in [-0.15, -0.1) is 0 Å². The second-order valence-electron chi connectivity index (χ2n) is 6.35. The Morgan fingerprint density at radius 1 is 1.18 bits per heavy atom. The zero-order valence-electron chi connectivity index (χ0n) is 17.4. The van der Waals surface area contributed by atoms with Gasteiger partial charge in [0.2, 0.25) is 5.75 Å². The van der Waals surface area contributed by atoms with E-state index >= 15 is 0 Å². The van der Waals surface area contributed by atoms with Crippen molar-refractivity contribution in [2.24, 2.45) is 4.99 Å². The number of carbonyl (C=O) groups is 1. The van der Waals surface area contributed by atoms with Crippen LogP contribution in [0.4, 0.5) is 0 Å². The van der Waals surface area contributed by atoms with Crippen molar-refractivity contribution in [2.75, 3.05) is 27.9 Å². The predicted octanol–water partition coefficient (Wildman–Crippen LogP) is 3.69. The molecule has 0 amide bonds. The van der Waals surface area contributed by atoms with Gasteiger partial charge in [-0.25, -0.2) is 9.79 Å². The largest absolute Gasteiger partial charge is 0.493 e. The average Bonchev–Trinajstić information content (AvgIpc) is 2.65. The van der Waals surface area contributed by atoms with Gasteiger partial charge in [-0.1, -0.05) is 25.6 Å². The van der Waals surface area contributed by atoms with E-state index in [2.05, 4.69) is 19.2 Å². The second-order valence-corrected chi connectivity index (χ2v) is 7.91. The molecule has 1 aliphatic rings. The van der Waals surface area contributed by atoms with Gasteiger partial charge in [0, 0.05) is 10.9 Å². The molecular formula is C20H28N2O5S. The summed E-state index contributed by atoms with van der Waals surface area (Å²) >= 11 is 1.60. The number of thioether (sulfide) groups is 1. The van der Waals surface area contributed by atoms with Crippen LogP contribution in [0.3, 0.4) is 0 Å². The van der Waals surface area contributed by atoms with Gasteiger partial charge >= 0.3 is 5.97 Å². The molecule has 0 bridgehead atoms. The number of hydrogen-bond donors (Lipinski definition) is 1. The molecule has 1 aliphatic heterocycles. The number of nitrogens with one attached hydrogen (secondary N) is 1. The van der Waals surface area contributed by atoms with Crippen LogP contribution < -0.4 is 19.5 Å². The Labute approximate surface area is 170 Å². The summed E-state index contributed by atoms with van der Waals surface area (Å²) in [5.41, 5.74) is 1.93. The van der Waals surface area contributed by atoms with E-state index in [1.165, 1.54) is 0 Å². The van der Waals surface area contributed by atoms with Gasteiger partial charge in [-0.05, 0) is 31.5 Å². The molecule has 7 nitrogen and oxygen atoms in total. The first kappa shape index (κ1) is 21.9. The fourth-order valence-corrected chi connectivity index (χ4v) is 3.73. The lowest BCUT2D eigenvalue weighted by atomic mass is 9.96. The molecule has 1 atom stereocenters. The Morgan fingerprint density at radius 3 is 2.25 bits per heavy atom. The zero-order chi connectivity index (χ0) is 20.8. The molecule has 0 radical (unpaired) electrons. The van der Waals surface area contributed by atoms with Crippen LogP contribution in [0.2, 0.25) is 0 Å². The lowest BCUT2D eigenvalue weighted by Gasteiger charge is -2.27. The van der Waals surface area contributed by atoms with Crippen LogP contribution >= 0.6 is 11.8 Å². The van der Waals surface area contributed by atoms with Crippen molar-refractivity contribution in [3.8, 4) is 17.2 Å². The quantitative estimate of drug-likeness (QED) is 0.689. The third-order valence-corrected chi connectivity index (χ3v) is 4.97. The SMILES string of the molecule is CCOC(=O)C1=C(C)NC(SC(C)C)=N[C@@H]1c1cc(OC)c(OC)c(OC)c1. The highest BCUT2D eigenvalue weighted by molar-refractivity contribution is 8.14. The minimum Gasteiger partial charge on any atom is -0.493 e. The highest BCUT2D eigenvalue weighted by Crippen LogP contribution is 2.43. The molecule has 1 N–H and O–H groups in total. The summed E-state index contributed by atoms with van der Waals surface area (Å²) in [6.07, 6.45) is 0. The first-order valence-corrected chi connectivity index (χ1v) is 9.93. The van der Waals surface area contributed by atoms with Crippen molar-refractivity contribution >= 4 is 22.9 Å². The Bertz CT molecular complexity index is 764. The van der Waals surface area contributed by atoms with Crippen molar-refractivity contribution < 1.29 is 23.7 Å². The third kappa shape index (κ3) is 4.73. The highest BCUT2D eigenvalue weighted by atomic mass is 32.2. The fraction of sp³-hybridized carbons (Fsp3) is 0.500. The minimum absolute atomic E-state index is 0.287. The molecule has 0 spiro atoms. The lowest BCUT2D eigenvalue weighted by Crippen LogP contribution is -2.31. The maximum absolute atomic E-state index is 12.7. The molecule has 0 saturated carbocycles. The first-order valence-electron chi connectivity index (χ1n) is 9.05. The number of esters is 1. The van der Waals surface area contributed by atoms with Gasteiger partial charge in [-0.2, -0.15) is 0 Å². The van der Waals surface area contributed by atoms with Crippen LogP contribution in [-0.2, 0) is 9.53 Å². The minimum atomic E-state index is -0.546. The maximum atomic E-state index is 12.7. The average molecular weight is 409 g/mol. The Morgan fingerprint density at radius 2 is 1.79 bits per heavy atom. The Balaban J connectivity index is 2.62. The van der Waals surface area contributed by atoms with Gasteiger partial charge in [0.05, 0.1) is 33.5 Å². The summed E-state index contributed by atoms with van der Waals surface area (Å²) in [6.45, 7) is 8.09. The lowest BCUT2D eigenvalue weighted by molar-refractivity contribution is -0.138. The van der Waals surface area contributed by atoms with Gasteiger partial charge < -0.3 is 24.3 Å². The summed E-state index contributed by atoms with van der Waals surface area (Å²) in [5, 5.41) is 4.31. The van der Waals surface area contributed by atoms with Crippen molar-refractivity contribution in [3.63, 3.8) is 0 Å². The van der Waals surface area contributed by atoms with Crippen LogP contribution in [-0.4, -0.2) is 44.3 Å². The molecule has 2 rings (SSSR count). The number of aliphatic imine (C=N–C) groups is 1. The standard InChI is InChI=1S/C20H28N2O5S/c1-8-27-19(23)16-12(4)21-20(28-11(2)3)22-17(16)13-9-14(24-5)18(26-7)15(10-13)25-6/h9-11,17H,8H2,1-7H3,(H,21,22)/t17-/m1/s1. The third-order valence-electron chi connectivity index (χ3n) is 4.06. The molecule has 8 heteroatoms. The van der Waals surface area contributed by atoms with E-state index in [-0.39, 0.29) is 6.61 Å². The first-order chi connectivity index (χ1) is 13.4. The molecule has 1 heterocycles. The molecule has 0 unspecified atom stereocenters. The Hall–Kier alpha value is -2.35. The predicted molar refractivity (Wildman–Crippen MR) is 111 cm³/mol. The topological polar surface area (TPSA) is 78.4 Å². The van der Waals surface area contributed by atoms with Crippen LogP contribution in [0.15, 0.2) is 28.4 Å². The normalized spacial score (nSPS) is 16.4.